The van der Waals surface area contributed by atoms with Crippen LogP contribution in [0.2, 0.25) is 0 Å². The zero-order chi connectivity index (χ0) is 15.5. The number of rotatable bonds is 5. The molecular formula is C14H15N5O2S. The molecule has 8 heteroatoms. The molecule has 0 bridgehead atoms. The Morgan fingerprint density at radius 2 is 2.23 bits per heavy atom. The molecule has 2 heterocycles. The fourth-order valence-electron chi connectivity index (χ4n) is 2.09. The summed E-state index contributed by atoms with van der Waals surface area (Å²) in [4.78, 5) is 15.9. The van der Waals surface area contributed by atoms with E-state index in [0.29, 0.717) is 28.9 Å². The maximum Gasteiger partial charge on any atom is 0.191 e. The Morgan fingerprint density at radius 3 is 3.00 bits per heavy atom. The lowest BCUT2D eigenvalue weighted by atomic mass is 10.2. The third-order valence-electron chi connectivity index (χ3n) is 3.20. The van der Waals surface area contributed by atoms with Gasteiger partial charge in [-0.3, -0.25) is 0 Å². The topological polar surface area (TPSA) is 96.0 Å². The monoisotopic (exact) mass is 317 g/mol. The number of para-hydroxylation sites is 1. The van der Waals surface area contributed by atoms with E-state index in [0.717, 1.165) is 11.1 Å². The molecule has 0 aliphatic heterocycles. The molecule has 0 aliphatic carbocycles. The number of aromatic amines is 1. The number of aromatic hydroxyl groups is 1. The summed E-state index contributed by atoms with van der Waals surface area (Å²) >= 11 is 1.45. The van der Waals surface area contributed by atoms with Crippen molar-refractivity contribution in [2.24, 2.45) is 0 Å². The Hall–Kier alpha value is -2.48. The SMILES string of the molecule is COc1cccc(CNc2nc(SC)nc3nc[nH]c23)c1O. The molecule has 0 radical (unpaired) electrons. The molecule has 0 fully saturated rings. The number of hydrogen-bond acceptors (Lipinski definition) is 7. The minimum absolute atomic E-state index is 0.123. The Morgan fingerprint density at radius 1 is 1.36 bits per heavy atom. The fourth-order valence-corrected chi connectivity index (χ4v) is 2.45. The zero-order valence-electron chi connectivity index (χ0n) is 12.1. The minimum Gasteiger partial charge on any atom is -0.504 e. The number of methoxy groups -OCH3 is 1. The number of H-pyrrole nitrogens is 1. The molecule has 22 heavy (non-hydrogen) atoms. The van der Waals surface area contributed by atoms with E-state index in [9.17, 15) is 5.11 Å². The van der Waals surface area contributed by atoms with E-state index in [1.165, 1.54) is 18.9 Å². The van der Waals surface area contributed by atoms with Gasteiger partial charge >= 0.3 is 0 Å². The molecule has 2 aromatic heterocycles. The normalized spacial score (nSPS) is 10.8. The first-order valence-electron chi connectivity index (χ1n) is 6.56. The number of benzene rings is 1. The molecular weight excluding hydrogens is 302 g/mol. The number of ether oxygens (including phenoxy) is 1. The second-order valence-corrected chi connectivity index (χ2v) is 5.26. The highest BCUT2D eigenvalue weighted by molar-refractivity contribution is 7.98. The van der Waals surface area contributed by atoms with Gasteiger partial charge in [0.15, 0.2) is 28.1 Å². The van der Waals surface area contributed by atoms with Crippen molar-refractivity contribution in [3.63, 3.8) is 0 Å². The molecule has 0 saturated heterocycles. The summed E-state index contributed by atoms with van der Waals surface area (Å²) < 4.78 is 5.11. The van der Waals surface area contributed by atoms with Crippen LogP contribution in [-0.2, 0) is 6.54 Å². The molecule has 7 nitrogen and oxygen atoms in total. The maximum atomic E-state index is 10.1. The van der Waals surface area contributed by atoms with Crippen LogP contribution in [0.4, 0.5) is 5.82 Å². The van der Waals surface area contributed by atoms with Gasteiger partial charge in [-0.15, -0.1) is 0 Å². The van der Waals surface area contributed by atoms with Crippen molar-refractivity contribution >= 4 is 28.7 Å². The largest absolute Gasteiger partial charge is 0.504 e. The van der Waals surface area contributed by atoms with E-state index in [1.807, 2.05) is 18.4 Å². The number of fused-ring (bicyclic) bond motifs is 1. The standard InChI is InChI=1S/C14H15N5O2S/c1-21-9-5-3-4-8(11(9)20)6-15-12-10-13(17-7-16-10)19-14(18-12)22-2/h3-5,7,20H,6H2,1-2H3,(H2,15,16,17,18,19). The van der Waals surface area contributed by atoms with E-state index >= 15 is 0 Å². The average molecular weight is 317 g/mol. The average Bonchev–Trinajstić information content (AvgIpc) is 3.02. The first-order chi connectivity index (χ1) is 10.7. The zero-order valence-corrected chi connectivity index (χ0v) is 12.9. The van der Waals surface area contributed by atoms with Crippen LogP contribution in [0.15, 0.2) is 29.7 Å². The van der Waals surface area contributed by atoms with Crippen LogP contribution in [0.5, 0.6) is 11.5 Å². The summed E-state index contributed by atoms with van der Waals surface area (Å²) in [5, 5.41) is 14.0. The molecule has 0 spiro atoms. The third kappa shape index (κ3) is 2.64. The number of nitrogens with one attached hydrogen (secondary N) is 2. The number of nitrogens with zero attached hydrogens (tertiary/aromatic N) is 3. The van der Waals surface area contributed by atoms with Gasteiger partial charge in [-0.2, -0.15) is 0 Å². The Labute approximate surface area is 131 Å². The van der Waals surface area contributed by atoms with E-state index in [2.05, 4.69) is 25.3 Å². The Bertz CT molecular complexity index is 805. The molecule has 1 aromatic carbocycles. The molecule has 0 saturated carbocycles. The van der Waals surface area contributed by atoms with Crippen LogP contribution >= 0.6 is 11.8 Å². The number of phenolic OH excluding ortho intramolecular Hbond substituents is 1. The van der Waals surface area contributed by atoms with Gasteiger partial charge in [0.2, 0.25) is 0 Å². The van der Waals surface area contributed by atoms with Crippen molar-refractivity contribution in [1.29, 1.82) is 0 Å². The molecule has 0 aliphatic rings. The van der Waals surface area contributed by atoms with Gasteiger partial charge in [-0.25, -0.2) is 15.0 Å². The molecule has 114 valence electrons. The predicted octanol–water partition coefficient (Wildman–Crippen LogP) is 2.40. The number of thioether (sulfide) groups is 1. The van der Waals surface area contributed by atoms with Crippen molar-refractivity contribution in [2.75, 3.05) is 18.7 Å². The first kappa shape index (κ1) is 14.5. The van der Waals surface area contributed by atoms with Crippen LogP contribution in [0.1, 0.15) is 5.56 Å². The second kappa shape index (κ2) is 6.10. The highest BCUT2D eigenvalue weighted by atomic mass is 32.2. The summed E-state index contributed by atoms with van der Waals surface area (Å²) in [6, 6.07) is 5.36. The number of phenols is 1. The lowest BCUT2D eigenvalue weighted by Crippen LogP contribution is -2.04. The van der Waals surface area contributed by atoms with E-state index in [4.69, 9.17) is 4.74 Å². The number of aromatic nitrogens is 4. The smallest absolute Gasteiger partial charge is 0.191 e. The van der Waals surface area contributed by atoms with Gasteiger partial charge in [0, 0.05) is 12.1 Å². The van der Waals surface area contributed by atoms with E-state index in [1.54, 1.807) is 12.4 Å². The van der Waals surface area contributed by atoms with Gasteiger partial charge in [0.05, 0.1) is 13.4 Å². The van der Waals surface area contributed by atoms with Crippen molar-refractivity contribution < 1.29 is 9.84 Å². The van der Waals surface area contributed by atoms with Crippen LogP contribution in [-0.4, -0.2) is 38.4 Å². The summed E-state index contributed by atoms with van der Waals surface area (Å²) in [7, 11) is 1.52. The molecule has 0 unspecified atom stereocenters. The van der Waals surface area contributed by atoms with Crippen LogP contribution in [0.25, 0.3) is 11.2 Å². The van der Waals surface area contributed by atoms with Gasteiger partial charge < -0.3 is 20.1 Å². The summed E-state index contributed by atoms with van der Waals surface area (Å²) in [6.07, 6.45) is 3.49. The van der Waals surface area contributed by atoms with Crippen LogP contribution in [0.3, 0.4) is 0 Å². The highest BCUT2D eigenvalue weighted by Crippen LogP contribution is 2.30. The third-order valence-corrected chi connectivity index (χ3v) is 3.74. The lowest BCUT2D eigenvalue weighted by Gasteiger charge is -2.11. The highest BCUT2D eigenvalue weighted by Gasteiger charge is 2.11. The van der Waals surface area contributed by atoms with Gasteiger partial charge in [-0.05, 0) is 12.3 Å². The molecule has 0 atom stereocenters. The summed E-state index contributed by atoms with van der Waals surface area (Å²) in [6.45, 7) is 0.405. The van der Waals surface area contributed by atoms with Crippen molar-refractivity contribution in [3.05, 3.63) is 30.1 Å². The maximum absolute atomic E-state index is 10.1. The van der Waals surface area contributed by atoms with Crippen molar-refractivity contribution in [2.45, 2.75) is 11.7 Å². The minimum atomic E-state index is 0.123. The number of imidazole rings is 1. The summed E-state index contributed by atoms with van der Waals surface area (Å²) in [5.41, 5.74) is 2.06. The van der Waals surface area contributed by atoms with Gasteiger partial charge in [0.1, 0.15) is 5.52 Å². The van der Waals surface area contributed by atoms with Gasteiger partial charge in [-0.1, -0.05) is 23.9 Å². The Kier molecular flexibility index (Phi) is 4.01. The van der Waals surface area contributed by atoms with Crippen molar-refractivity contribution in [3.8, 4) is 11.5 Å². The van der Waals surface area contributed by atoms with Crippen LogP contribution in [0, 0.1) is 0 Å². The lowest BCUT2D eigenvalue weighted by molar-refractivity contribution is 0.371. The second-order valence-electron chi connectivity index (χ2n) is 4.48. The quantitative estimate of drug-likeness (QED) is 0.491. The molecule has 3 rings (SSSR count). The van der Waals surface area contributed by atoms with Crippen LogP contribution < -0.4 is 10.1 Å². The molecule has 3 aromatic rings. The Balaban J connectivity index is 1.89. The van der Waals surface area contributed by atoms with Gasteiger partial charge in [0.25, 0.3) is 0 Å². The predicted molar refractivity (Wildman–Crippen MR) is 85.5 cm³/mol. The fraction of sp³-hybridized carbons (Fsp3) is 0.214. The van der Waals surface area contributed by atoms with E-state index in [-0.39, 0.29) is 5.75 Å². The summed E-state index contributed by atoms with van der Waals surface area (Å²) in [5.74, 6) is 1.21. The number of hydrogen-bond donors (Lipinski definition) is 3. The first-order valence-corrected chi connectivity index (χ1v) is 7.79. The molecule has 3 N–H and O–H groups in total. The molecule has 0 amide bonds. The van der Waals surface area contributed by atoms with E-state index < -0.39 is 0 Å². The number of anilines is 1. The van der Waals surface area contributed by atoms with Crippen molar-refractivity contribution in [1.82, 2.24) is 19.9 Å².